The number of amides is 1. The van der Waals surface area contributed by atoms with Gasteiger partial charge in [0.15, 0.2) is 5.11 Å². The first kappa shape index (κ1) is 14.2. The topological polar surface area (TPSA) is 61.5 Å². The molecule has 1 unspecified atom stereocenters. The molecular weight excluding hydrogens is 312 g/mol. The predicted molar refractivity (Wildman–Crippen MR) is 89.3 cm³/mol. The summed E-state index contributed by atoms with van der Waals surface area (Å²) in [5, 5.41) is 0.546. The maximum Gasteiger partial charge on any atom is 0.256 e. The monoisotopic (exact) mass is 328 g/mol. The van der Waals surface area contributed by atoms with Crippen molar-refractivity contribution < 1.29 is 9.53 Å². The number of aromatic amines is 1. The Hall–Kier alpha value is -2.41. The van der Waals surface area contributed by atoms with Gasteiger partial charge in [-0.1, -0.05) is 0 Å². The number of hydrogen-bond donors (Lipinski definition) is 1. The van der Waals surface area contributed by atoms with Crippen molar-refractivity contribution in [2.45, 2.75) is 25.9 Å². The molecule has 1 amide bonds. The highest BCUT2D eigenvalue weighted by Crippen LogP contribution is 2.32. The Morgan fingerprint density at radius 1 is 1.39 bits per heavy atom. The van der Waals surface area contributed by atoms with Gasteiger partial charge in [-0.05, 0) is 43.4 Å². The Labute approximate surface area is 139 Å². The van der Waals surface area contributed by atoms with Crippen LogP contribution in [0.25, 0.3) is 0 Å². The SMILES string of the molecule is CCOc1ccc(N2C(=O)C3Cc4nc[nH]c4CN3C2=S)cc1. The lowest BCUT2D eigenvalue weighted by molar-refractivity contribution is -0.120. The fourth-order valence-corrected chi connectivity index (χ4v) is 3.51. The lowest BCUT2D eigenvalue weighted by atomic mass is 10.0. The third-order valence-corrected chi connectivity index (χ3v) is 4.66. The summed E-state index contributed by atoms with van der Waals surface area (Å²) in [5.74, 6) is 0.790. The molecule has 2 aliphatic rings. The molecule has 1 aromatic heterocycles. The molecule has 23 heavy (non-hydrogen) atoms. The molecule has 118 valence electrons. The second kappa shape index (κ2) is 5.34. The third-order valence-electron chi connectivity index (χ3n) is 4.25. The summed E-state index contributed by atoms with van der Waals surface area (Å²) < 4.78 is 5.44. The zero-order chi connectivity index (χ0) is 16.0. The zero-order valence-electron chi connectivity index (χ0n) is 12.7. The summed E-state index contributed by atoms with van der Waals surface area (Å²) in [6.45, 7) is 3.15. The van der Waals surface area contributed by atoms with Crippen molar-refractivity contribution in [1.82, 2.24) is 14.9 Å². The molecule has 0 radical (unpaired) electrons. The molecule has 0 bridgehead atoms. The number of ether oxygens (including phenoxy) is 1. The third kappa shape index (κ3) is 2.19. The molecule has 0 spiro atoms. The molecule has 3 heterocycles. The maximum atomic E-state index is 12.8. The van der Waals surface area contributed by atoms with Crippen LogP contribution in [0.1, 0.15) is 18.3 Å². The first-order valence-electron chi connectivity index (χ1n) is 7.57. The number of rotatable bonds is 3. The Morgan fingerprint density at radius 3 is 2.91 bits per heavy atom. The highest BCUT2D eigenvalue weighted by atomic mass is 32.1. The van der Waals surface area contributed by atoms with Gasteiger partial charge in [-0.15, -0.1) is 0 Å². The molecule has 1 N–H and O–H groups in total. The van der Waals surface area contributed by atoms with Crippen LogP contribution in [0.15, 0.2) is 30.6 Å². The van der Waals surface area contributed by atoms with Crippen LogP contribution in [-0.2, 0) is 17.8 Å². The fraction of sp³-hybridized carbons (Fsp3) is 0.312. The number of nitrogens with zero attached hydrogens (tertiary/aromatic N) is 3. The minimum absolute atomic E-state index is 0.00723. The van der Waals surface area contributed by atoms with Crippen LogP contribution in [0.2, 0.25) is 0 Å². The van der Waals surface area contributed by atoms with Crippen LogP contribution in [-0.4, -0.2) is 38.5 Å². The van der Waals surface area contributed by atoms with E-state index in [2.05, 4.69) is 9.97 Å². The van der Waals surface area contributed by atoms with Crippen LogP contribution in [0.4, 0.5) is 5.69 Å². The van der Waals surface area contributed by atoms with Crippen LogP contribution < -0.4 is 9.64 Å². The van der Waals surface area contributed by atoms with Gasteiger partial charge in [-0.2, -0.15) is 0 Å². The van der Waals surface area contributed by atoms with E-state index in [1.807, 2.05) is 36.1 Å². The highest BCUT2D eigenvalue weighted by molar-refractivity contribution is 7.80. The molecule has 1 saturated heterocycles. The van der Waals surface area contributed by atoms with Crippen LogP contribution >= 0.6 is 12.2 Å². The summed E-state index contributed by atoms with van der Waals surface area (Å²) in [4.78, 5) is 23.8. The predicted octanol–water partition coefficient (Wildman–Crippen LogP) is 1.87. The Balaban J connectivity index is 1.63. The maximum absolute atomic E-state index is 12.8. The van der Waals surface area contributed by atoms with Gasteiger partial charge in [0.1, 0.15) is 11.8 Å². The number of hydrogen-bond acceptors (Lipinski definition) is 4. The Bertz CT molecular complexity index is 732. The number of anilines is 1. The van der Waals surface area contributed by atoms with Crippen molar-refractivity contribution in [3.8, 4) is 5.75 Å². The number of carbonyl (C=O) groups is 1. The molecule has 4 rings (SSSR count). The number of carbonyl (C=O) groups excluding carboxylic acids is 1. The van der Waals surface area contributed by atoms with E-state index in [4.69, 9.17) is 17.0 Å². The van der Waals surface area contributed by atoms with Gasteiger partial charge in [-0.3, -0.25) is 9.69 Å². The average Bonchev–Trinajstić information content (AvgIpc) is 3.11. The Morgan fingerprint density at radius 2 is 2.17 bits per heavy atom. The number of benzene rings is 1. The van der Waals surface area contributed by atoms with E-state index in [9.17, 15) is 4.79 Å². The second-order valence-electron chi connectivity index (χ2n) is 5.56. The van der Waals surface area contributed by atoms with Gasteiger partial charge in [0.25, 0.3) is 5.91 Å². The number of H-pyrrole nitrogens is 1. The molecule has 2 aliphatic heterocycles. The van der Waals surface area contributed by atoms with E-state index < -0.39 is 0 Å². The van der Waals surface area contributed by atoms with Crippen LogP contribution in [0, 0.1) is 0 Å². The normalized spacial score (nSPS) is 19.8. The van der Waals surface area contributed by atoms with E-state index in [-0.39, 0.29) is 11.9 Å². The van der Waals surface area contributed by atoms with Crippen molar-refractivity contribution in [1.29, 1.82) is 0 Å². The van der Waals surface area contributed by atoms with Crippen molar-refractivity contribution in [3.63, 3.8) is 0 Å². The summed E-state index contributed by atoms with van der Waals surface area (Å²) in [6.07, 6.45) is 2.26. The zero-order valence-corrected chi connectivity index (χ0v) is 13.5. The number of fused-ring (bicyclic) bond motifs is 2. The fourth-order valence-electron chi connectivity index (χ4n) is 3.13. The minimum Gasteiger partial charge on any atom is -0.494 e. The largest absolute Gasteiger partial charge is 0.494 e. The van der Waals surface area contributed by atoms with E-state index in [1.54, 1.807) is 11.2 Å². The number of aromatic nitrogens is 2. The van der Waals surface area contributed by atoms with Crippen LogP contribution in [0.3, 0.4) is 0 Å². The first-order valence-corrected chi connectivity index (χ1v) is 7.98. The summed E-state index contributed by atoms with van der Waals surface area (Å²) in [6, 6.07) is 7.19. The van der Waals surface area contributed by atoms with E-state index >= 15 is 0 Å². The van der Waals surface area contributed by atoms with Crippen molar-refractivity contribution >= 4 is 28.9 Å². The van der Waals surface area contributed by atoms with E-state index in [0.717, 1.165) is 22.8 Å². The molecular formula is C16H16N4O2S. The molecule has 0 aliphatic carbocycles. The van der Waals surface area contributed by atoms with Crippen molar-refractivity contribution in [3.05, 3.63) is 42.0 Å². The average molecular weight is 328 g/mol. The van der Waals surface area contributed by atoms with Gasteiger partial charge in [0.05, 0.1) is 36.6 Å². The quantitative estimate of drug-likeness (QED) is 0.872. The smallest absolute Gasteiger partial charge is 0.256 e. The van der Waals surface area contributed by atoms with Gasteiger partial charge in [0, 0.05) is 6.42 Å². The van der Waals surface area contributed by atoms with Crippen molar-refractivity contribution in [2.75, 3.05) is 11.5 Å². The summed E-state index contributed by atoms with van der Waals surface area (Å²) >= 11 is 5.55. The van der Waals surface area contributed by atoms with E-state index in [0.29, 0.717) is 24.7 Å². The number of imidazole rings is 1. The summed E-state index contributed by atoms with van der Waals surface area (Å²) in [5.41, 5.74) is 2.76. The lowest BCUT2D eigenvalue weighted by Gasteiger charge is -2.27. The summed E-state index contributed by atoms with van der Waals surface area (Å²) in [7, 11) is 0. The Kier molecular flexibility index (Phi) is 3.30. The standard InChI is InChI=1S/C16H16N4O2S/c1-2-22-11-5-3-10(4-6-11)20-15(21)14-7-12-13(18-9-17-12)8-19(14)16(20)23/h3-6,9,14H,2,7-8H2,1H3,(H,17,18). The molecule has 1 aromatic carbocycles. The molecule has 7 heteroatoms. The van der Waals surface area contributed by atoms with Gasteiger partial charge in [-0.25, -0.2) is 4.98 Å². The molecule has 6 nitrogen and oxygen atoms in total. The number of nitrogens with one attached hydrogen (secondary N) is 1. The molecule has 1 atom stereocenters. The highest BCUT2D eigenvalue weighted by Gasteiger charge is 2.46. The number of thiocarbonyl (C=S) groups is 1. The van der Waals surface area contributed by atoms with Gasteiger partial charge >= 0.3 is 0 Å². The van der Waals surface area contributed by atoms with Gasteiger partial charge < -0.3 is 14.6 Å². The first-order chi connectivity index (χ1) is 11.2. The lowest BCUT2D eigenvalue weighted by Crippen LogP contribution is -2.40. The second-order valence-corrected chi connectivity index (χ2v) is 5.92. The van der Waals surface area contributed by atoms with Gasteiger partial charge in [0.2, 0.25) is 0 Å². The minimum atomic E-state index is -0.259. The molecule has 0 saturated carbocycles. The molecule has 2 aromatic rings. The van der Waals surface area contributed by atoms with Crippen molar-refractivity contribution in [2.24, 2.45) is 0 Å². The van der Waals surface area contributed by atoms with E-state index in [1.165, 1.54) is 0 Å². The van der Waals surface area contributed by atoms with Crippen LogP contribution in [0.5, 0.6) is 5.75 Å². The molecule has 1 fully saturated rings.